The Balaban J connectivity index is 2.43. The highest BCUT2D eigenvalue weighted by molar-refractivity contribution is 5.80. The molecule has 1 amide bonds. The molecule has 0 radical (unpaired) electrons. The molecule has 1 aromatic carbocycles. The molecule has 0 spiro atoms. The Morgan fingerprint density at radius 1 is 1.32 bits per heavy atom. The van der Waals surface area contributed by atoms with Crippen molar-refractivity contribution >= 4 is 17.4 Å². The Hall–Kier alpha value is -3.03. The third-order valence-electron chi connectivity index (χ3n) is 3.59. The summed E-state index contributed by atoms with van der Waals surface area (Å²) in [5.74, 6) is 0.915. The second kappa shape index (κ2) is 8.18. The summed E-state index contributed by atoms with van der Waals surface area (Å²) in [6.45, 7) is 4.70. The van der Waals surface area contributed by atoms with E-state index in [0.717, 1.165) is 12.1 Å². The first-order valence-corrected chi connectivity index (χ1v) is 8.00. The van der Waals surface area contributed by atoms with Gasteiger partial charge in [0, 0.05) is 43.0 Å². The van der Waals surface area contributed by atoms with Crippen LogP contribution in [-0.2, 0) is 4.79 Å². The van der Waals surface area contributed by atoms with Crippen LogP contribution in [0.15, 0.2) is 30.3 Å². The smallest absolute Gasteiger partial charge is 0.270 e. The summed E-state index contributed by atoms with van der Waals surface area (Å²) < 4.78 is 0. The summed E-state index contributed by atoms with van der Waals surface area (Å²) in [6.07, 6.45) is 0.853. The van der Waals surface area contributed by atoms with Gasteiger partial charge in [0.25, 0.3) is 5.69 Å². The summed E-state index contributed by atoms with van der Waals surface area (Å²) in [4.78, 5) is 33.1. The molecule has 0 unspecified atom stereocenters. The molecule has 25 heavy (non-hydrogen) atoms. The number of nitro groups is 1. The molecule has 0 fully saturated rings. The number of rotatable bonds is 7. The van der Waals surface area contributed by atoms with Crippen LogP contribution in [0.3, 0.4) is 0 Å². The van der Waals surface area contributed by atoms with E-state index in [2.05, 4.69) is 15.3 Å². The number of aromatic nitrogens is 2. The fourth-order valence-corrected chi connectivity index (χ4v) is 2.40. The van der Waals surface area contributed by atoms with Crippen LogP contribution < -0.4 is 10.2 Å². The largest absolute Gasteiger partial charge is 0.358 e. The summed E-state index contributed by atoms with van der Waals surface area (Å²) in [5, 5.41) is 13.6. The van der Waals surface area contributed by atoms with Gasteiger partial charge in [-0.1, -0.05) is 19.1 Å². The van der Waals surface area contributed by atoms with Crippen LogP contribution in [-0.4, -0.2) is 40.9 Å². The highest BCUT2D eigenvalue weighted by Gasteiger charge is 2.15. The Bertz CT molecular complexity index is 779. The first-order valence-electron chi connectivity index (χ1n) is 8.00. The van der Waals surface area contributed by atoms with Crippen molar-refractivity contribution in [2.75, 3.05) is 25.0 Å². The minimum absolute atomic E-state index is 0.0140. The van der Waals surface area contributed by atoms with E-state index in [1.807, 2.05) is 18.7 Å². The van der Waals surface area contributed by atoms with Crippen molar-refractivity contribution < 1.29 is 9.72 Å². The molecule has 0 aliphatic heterocycles. The van der Waals surface area contributed by atoms with E-state index in [9.17, 15) is 14.9 Å². The van der Waals surface area contributed by atoms with Crippen LogP contribution in [0.4, 0.5) is 11.5 Å². The maximum absolute atomic E-state index is 11.8. The lowest BCUT2D eigenvalue weighted by Crippen LogP contribution is -2.36. The number of amides is 1. The molecule has 1 heterocycles. The SMILES string of the molecule is CCCN(CC(=O)NC)c1cc(C)nc(-c2cccc([N+](=O)[O-])c2)n1. The molecular weight excluding hydrogens is 322 g/mol. The summed E-state index contributed by atoms with van der Waals surface area (Å²) in [7, 11) is 1.59. The van der Waals surface area contributed by atoms with Gasteiger partial charge in [0.05, 0.1) is 11.5 Å². The molecule has 132 valence electrons. The third-order valence-corrected chi connectivity index (χ3v) is 3.59. The van der Waals surface area contributed by atoms with E-state index in [-0.39, 0.29) is 18.1 Å². The number of aryl methyl sites for hydroxylation is 1. The first-order chi connectivity index (χ1) is 11.9. The van der Waals surface area contributed by atoms with Gasteiger partial charge in [-0.25, -0.2) is 9.97 Å². The van der Waals surface area contributed by atoms with Crippen molar-refractivity contribution in [1.29, 1.82) is 0 Å². The molecule has 0 saturated carbocycles. The van der Waals surface area contributed by atoms with Crippen molar-refractivity contribution in [2.24, 2.45) is 0 Å². The van der Waals surface area contributed by atoms with Crippen LogP contribution in [0.5, 0.6) is 0 Å². The van der Waals surface area contributed by atoms with Crippen LogP contribution in [0.1, 0.15) is 19.0 Å². The molecule has 0 bridgehead atoms. The number of benzene rings is 1. The summed E-state index contributed by atoms with van der Waals surface area (Å²) in [6, 6.07) is 8.01. The summed E-state index contributed by atoms with van der Waals surface area (Å²) >= 11 is 0. The average molecular weight is 343 g/mol. The number of nitrogens with zero attached hydrogens (tertiary/aromatic N) is 4. The normalized spacial score (nSPS) is 10.4. The quantitative estimate of drug-likeness (QED) is 0.611. The van der Waals surface area contributed by atoms with Crippen LogP contribution in [0, 0.1) is 17.0 Å². The van der Waals surface area contributed by atoms with Crippen LogP contribution in [0.2, 0.25) is 0 Å². The zero-order chi connectivity index (χ0) is 18.4. The van der Waals surface area contributed by atoms with E-state index in [4.69, 9.17) is 0 Å². The maximum Gasteiger partial charge on any atom is 0.270 e. The molecular formula is C17H21N5O3. The maximum atomic E-state index is 11.8. The Morgan fingerprint density at radius 2 is 2.08 bits per heavy atom. The molecule has 1 N–H and O–H groups in total. The zero-order valence-electron chi connectivity index (χ0n) is 14.5. The minimum atomic E-state index is -0.449. The number of anilines is 1. The molecule has 2 aromatic rings. The number of carbonyl (C=O) groups is 1. The average Bonchev–Trinajstić information content (AvgIpc) is 2.60. The van der Waals surface area contributed by atoms with Gasteiger partial charge in [-0.15, -0.1) is 0 Å². The Morgan fingerprint density at radius 3 is 2.72 bits per heavy atom. The third kappa shape index (κ3) is 4.72. The number of likely N-dealkylation sites (N-methyl/N-ethyl adjacent to an activating group) is 1. The van der Waals surface area contributed by atoms with Gasteiger partial charge in [0.2, 0.25) is 5.91 Å². The van der Waals surface area contributed by atoms with Gasteiger partial charge in [-0.2, -0.15) is 0 Å². The van der Waals surface area contributed by atoms with Gasteiger partial charge in [0.15, 0.2) is 5.82 Å². The summed E-state index contributed by atoms with van der Waals surface area (Å²) in [5.41, 5.74) is 1.28. The monoisotopic (exact) mass is 343 g/mol. The molecule has 8 nitrogen and oxygen atoms in total. The lowest BCUT2D eigenvalue weighted by molar-refractivity contribution is -0.384. The second-order valence-corrected chi connectivity index (χ2v) is 5.59. The van der Waals surface area contributed by atoms with Gasteiger partial charge in [-0.05, 0) is 13.3 Å². The standard InChI is InChI=1S/C17H21N5O3/c1-4-8-21(11-16(23)18-3)15-9-12(2)19-17(20-15)13-6-5-7-14(10-13)22(24)25/h5-7,9-10H,4,8,11H2,1-3H3,(H,18,23). The second-order valence-electron chi connectivity index (χ2n) is 5.59. The molecule has 0 saturated heterocycles. The lowest BCUT2D eigenvalue weighted by Gasteiger charge is -2.23. The van der Waals surface area contributed by atoms with E-state index in [1.165, 1.54) is 12.1 Å². The molecule has 8 heteroatoms. The van der Waals surface area contributed by atoms with Crippen LogP contribution in [0.25, 0.3) is 11.4 Å². The minimum Gasteiger partial charge on any atom is -0.358 e. The number of hydrogen-bond donors (Lipinski definition) is 1. The number of carbonyl (C=O) groups excluding carboxylic acids is 1. The van der Waals surface area contributed by atoms with Crippen molar-refractivity contribution in [3.8, 4) is 11.4 Å². The van der Waals surface area contributed by atoms with Crippen molar-refractivity contribution in [2.45, 2.75) is 20.3 Å². The topological polar surface area (TPSA) is 101 Å². The Labute approximate surface area is 146 Å². The van der Waals surface area contributed by atoms with Gasteiger partial charge in [-0.3, -0.25) is 14.9 Å². The highest BCUT2D eigenvalue weighted by Crippen LogP contribution is 2.23. The number of nitrogens with one attached hydrogen (secondary N) is 1. The van der Waals surface area contributed by atoms with E-state index >= 15 is 0 Å². The molecule has 0 aliphatic carbocycles. The highest BCUT2D eigenvalue weighted by atomic mass is 16.6. The molecule has 1 aromatic heterocycles. The fraction of sp³-hybridized carbons (Fsp3) is 0.353. The van der Waals surface area contributed by atoms with E-state index < -0.39 is 4.92 Å². The number of non-ortho nitro benzene ring substituents is 1. The lowest BCUT2D eigenvalue weighted by atomic mass is 10.2. The van der Waals surface area contributed by atoms with Crippen molar-refractivity contribution in [3.05, 3.63) is 46.1 Å². The Kier molecular flexibility index (Phi) is 5.99. The van der Waals surface area contributed by atoms with Gasteiger partial charge < -0.3 is 10.2 Å². The van der Waals surface area contributed by atoms with Crippen molar-refractivity contribution in [3.63, 3.8) is 0 Å². The first kappa shape index (κ1) is 18.3. The van der Waals surface area contributed by atoms with E-state index in [0.29, 0.717) is 23.8 Å². The predicted molar refractivity (Wildman–Crippen MR) is 95.4 cm³/mol. The molecule has 2 rings (SSSR count). The molecule has 0 aliphatic rings. The zero-order valence-corrected chi connectivity index (χ0v) is 14.5. The van der Waals surface area contributed by atoms with Gasteiger partial charge in [0.1, 0.15) is 5.82 Å². The fourth-order valence-electron chi connectivity index (χ4n) is 2.40. The van der Waals surface area contributed by atoms with E-state index in [1.54, 1.807) is 25.2 Å². The van der Waals surface area contributed by atoms with Crippen molar-refractivity contribution in [1.82, 2.24) is 15.3 Å². The number of hydrogen-bond acceptors (Lipinski definition) is 6. The van der Waals surface area contributed by atoms with Gasteiger partial charge >= 0.3 is 0 Å². The predicted octanol–water partition coefficient (Wildman–Crippen LogP) is 2.32. The number of nitro benzene ring substituents is 1. The van der Waals surface area contributed by atoms with Crippen LogP contribution >= 0.6 is 0 Å². The molecule has 0 atom stereocenters.